The minimum absolute atomic E-state index is 0.00812. The Balaban J connectivity index is 1.50. The third-order valence-corrected chi connectivity index (χ3v) is 8.95. The highest BCUT2D eigenvalue weighted by Crippen LogP contribution is 2.42. The minimum Gasteiger partial charge on any atom is -0.350 e. The number of amides is 1. The van der Waals surface area contributed by atoms with Gasteiger partial charge in [0.05, 0.1) is 17.5 Å². The molecule has 0 spiro atoms. The van der Waals surface area contributed by atoms with Gasteiger partial charge in [0, 0.05) is 64.3 Å². The van der Waals surface area contributed by atoms with E-state index in [4.69, 9.17) is 0 Å². The van der Waals surface area contributed by atoms with Crippen LogP contribution in [-0.2, 0) is 23.2 Å². The molecule has 8 nitrogen and oxygen atoms in total. The van der Waals surface area contributed by atoms with Crippen molar-refractivity contribution in [2.45, 2.75) is 48.3 Å². The summed E-state index contributed by atoms with van der Waals surface area (Å²) in [6, 6.07) is 4.39. The van der Waals surface area contributed by atoms with Crippen LogP contribution in [0.1, 0.15) is 41.6 Å². The number of carbonyl (C=O) groups is 1. The van der Waals surface area contributed by atoms with Crippen molar-refractivity contribution in [2.24, 2.45) is 7.05 Å². The van der Waals surface area contributed by atoms with E-state index >= 15 is 0 Å². The lowest BCUT2D eigenvalue weighted by atomic mass is 9.78. The Bertz CT molecular complexity index is 1230. The van der Waals surface area contributed by atoms with Crippen LogP contribution < -0.4 is 5.32 Å². The number of piperazine rings is 1. The van der Waals surface area contributed by atoms with Gasteiger partial charge in [-0.15, -0.1) is 0 Å². The molecule has 0 atom stereocenters. The standard InChI is InChI=1S/C23H28F5N5O3S/c1-31-14-19(30-16-31)37(35,36)33-12-10-32(11-13-33)21(6-8-22(24,25)9-7-21)15-29-20(34)17-4-2-3-5-18(17)23(26,27)28/h2-5,14,16H,6-13,15H2,1H3,(H,29,34). The van der Waals surface area contributed by atoms with E-state index in [1.54, 1.807) is 7.05 Å². The summed E-state index contributed by atoms with van der Waals surface area (Å²) in [6.45, 7) is 0.462. The van der Waals surface area contributed by atoms with Gasteiger partial charge in [-0.1, -0.05) is 12.1 Å². The van der Waals surface area contributed by atoms with Gasteiger partial charge < -0.3 is 9.88 Å². The molecular weight excluding hydrogens is 521 g/mol. The lowest BCUT2D eigenvalue weighted by molar-refractivity contribution is -0.138. The van der Waals surface area contributed by atoms with Gasteiger partial charge in [0.1, 0.15) is 0 Å². The zero-order chi connectivity index (χ0) is 27.1. The number of sulfonamides is 1. The van der Waals surface area contributed by atoms with Gasteiger partial charge >= 0.3 is 6.18 Å². The number of halogens is 5. The molecule has 1 aromatic heterocycles. The van der Waals surface area contributed by atoms with Crippen LogP contribution in [0.3, 0.4) is 0 Å². The highest BCUT2D eigenvalue weighted by Gasteiger charge is 2.48. The number of aromatic nitrogens is 2. The number of alkyl halides is 5. The number of hydrogen-bond acceptors (Lipinski definition) is 5. The number of carbonyl (C=O) groups excluding carboxylic acids is 1. The molecule has 1 N–H and O–H groups in total. The molecule has 1 amide bonds. The van der Waals surface area contributed by atoms with Gasteiger partial charge in [-0.3, -0.25) is 9.69 Å². The summed E-state index contributed by atoms with van der Waals surface area (Å²) in [5.41, 5.74) is -2.56. The molecule has 0 bridgehead atoms. The molecule has 1 saturated carbocycles. The predicted molar refractivity (Wildman–Crippen MR) is 123 cm³/mol. The van der Waals surface area contributed by atoms with Crippen LogP contribution in [0.4, 0.5) is 22.0 Å². The molecule has 1 aromatic carbocycles. The monoisotopic (exact) mass is 549 g/mol. The first-order valence-corrected chi connectivity index (χ1v) is 13.2. The Morgan fingerprint density at radius 1 is 1.05 bits per heavy atom. The van der Waals surface area contributed by atoms with Crippen LogP contribution in [0.15, 0.2) is 41.8 Å². The second-order valence-electron chi connectivity index (χ2n) is 9.57. The van der Waals surface area contributed by atoms with Crippen molar-refractivity contribution in [3.8, 4) is 0 Å². The average molecular weight is 550 g/mol. The molecule has 1 aliphatic carbocycles. The van der Waals surface area contributed by atoms with Crippen molar-refractivity contribution in [1.82, 2.24) is 24.1 Å². The molecule has 14 heteroatoms. The van der Waals surface area contributed by atoms with Crippen molar-refractivity contribution in [3.63, 3.8) is 0 Å². The van der Waals surface area contributed by atoms with Crippen LogP contribution in [-0.4, -0.2) is 77.3 Å². The van der Waals surface area contributed by atoms with E-state index in [9.17, 15) is 35.2 Å². The third kappa shape index (κ3) is 5.80. The summed E-state index contributed by atoms with van der Waals surface area (Å²) in [5, 5.41) is 2.45. The normalized spacial score (nSPS) is 21.0. The molecule has 1 saturated heterocycles. The van der Waals surface area contributed by atoms with Crippen LogP contribution in [0.25, 0.3) is 0 Å². The smallest absolute Gasteiger partial charge is 0.350 e. The topological polar surface area (TPSA) is 87.5 Å². The predicted octanol–water partition coefficient (Wildman–Crippen LogP) is 3.12. The highest BCUT2D eigenvalue weighted by molar-refractivity contribution is 7.89. The Morgan fingerprint density at radius 2 is 1.68 bits per heavy atom. The number of aryl methyl sites for hydroxylation is 1. The molecule has 37 heavy (non-hydrogen) atoms. The minimum atomic E-state index is -4.73. The maximum absolute atomic E-state index is 14.0. The van der Waals surface area contributed by atoms with E-state index in [2.05, 4.69) is 10.3 Å². The quantitative estimate of drug-likeness (QED) is 0.560. The number of hydrogen-bond donors (Lipinski definition) is 1. The Kier molecular flexibility index (Phi) is 7.38. The summed E-state index contributed by atoms with van der Waals surface area (Å²) >= 11 is 0. The third-order valence-electron chi connectivity index (χ3n) is 7.16. The molecule has 2 aromatic rings. The van der Waals surface area contributed by atoms with E-state index in [1.165, 1.54) is 33.5 Å². The molecule has 0 unspecified atom stereocenters. The van der Waals surface area contributed by atoms with Gasteiger partial charge in [0.2, 0.25) is 5.92 Å². The van der Waals surface area contributed by atoms with Crippen molar-refractivity contribution < 1.29 is 35.2 Å². The fraction of sp³-hybridized carbons (Fsp3) is 0.565. The second kappa shape index (κ2) is 9.95. The van der Waals surface area contributed by atoms with Gasteiger partial charge in [0.15, 0.2) is 5.03 Å². The summed E-state index contributed by atoms with van der Waals surface area (Å²) < 4.78 is 96.9. The highest BCUT2D eigenvalue weighted by atomic mass is 32.2. The lowest BCUT2D eigenvalue weighted by Gasteiger charge is -2.50. The maximum Gasteiger partial charge on any atom is 0.417 e. The molecule has 0 radical (unpaired) electrons. The van der Waals surface area contributed by atoms with E-state index < -0.39 is 57.5 Å². The fourth-order valence-corrected chi connectivity index (χ4v) is 6.40. The average Bonchev–Trinajstić information content (AvgIpc) is 3.30. The van der Waals surface area contributed by atoms with E-state index in [-0.39, 0.29) is 50.6 Å². The number of nitrogens with one attached hydrogen (secondary N) is 1. The maximum atomic E-state index is 14.0. The molecular formula is C23H28F5N5O3S. The summed E-state index contributed by atoms with van der Waals surface area (Å²) in [4.78, 5) is 18.6. The summed E-state index contributed by atoms with van der Waals surface area (Å²) in [7, 11) is -2.19. The van der Waals surface area contributed by atoms with Gasteiger partial charge in [-0.2, -0.15) is 17.5 Å². The van der Waals surface area contributed by atoms with E-state index in [0.29, 0.717) is 0 Å². The SMILES string of the molecule is Cn1cnc(S(=O)(=O)N2CCN(C3(CNC(=O)c4ccccc4C(F)(F)F)CCC(F)(F)CC3)CC2)c1. The van der Waals surface area contributed by atoms with Gasteiger partial charge in [-0.05, 0) is 25.0 Å². The lowest BCUT2D eigenvalue weighted by Crippen LogP contribution is -2.63. The molecule has 204 valence electrons. The van der Waals surface area contributed by atoms with Crippen molar-refractivity contribution in [2.75, 3.05) is 32.7 Å². The molecule has 1 aliphatic heterocycles. The fourth-order valence-electron chi connectivity index (χ4n) is 5.01. The Labute approximate surface area is 211 Å². The number of nitrogens with zero attached hydrogens (tertiary/aromatic N) is 4. The van der Waals surface area contributed by atoms with Gasteiger partial charge in [0.25, 0.3) is 15.9 Å². The molecule has 2 heterocycles. The van der Waals surface area contributed by atoms with Crippen LogP contribution in [0.2, 0.25) is 0 Å². The zero-order valence-corrected chi connectivity index (χ0v) is 21.0. The second-order valence-corrected chi connectivity index (χ2v) is 11.5. The number of imidazole rings is 1. The van der Waals surface area contributed by atoms with Crippen LogP contribution in [0, 0.1) is 0 Å². The Hall–Kier alpha value is -2.58. The van der Waals surface area contributed by atoms with E-state index in [1.807, 2.05) is 4.90 Å². The van der Waals surface area contributed by atoms with Crippen molar-refractivity contribution in [3.05, 3.63) is 47.9 Å². The van der Waals surface area contributed by atoms with Gasteiger partial charge in [-0.25, -0.2) is 22.2 Å². The van der Waals surface area contributed by atoms with Crippen LogP contribution >= 0.6 is 0 Å². The molecule has 2 fully saturated rings. The largest absolute Gasteiger partial charge is 0.417 e. The van der Waals surface area contributed by atoms with E-state index in [0.717, 1.165) is 12.1 Å². The first-order chi connectivity index (χ1) is 17.2. The molecule has 2 aliphatic rings. The number of benzene rings is 1. The van der Waals surface area contributed by atoms with Crippen LogP contribution in [0.5, 0.6) is 0 Å². The first kappa shape index (κ1) is 27.5. The first-order valence-electron chi connectivity index (χ1n) is 11.8. The zero-order valence-electron chi connectivity index (χ0n) is 20.1. The van der Waals surface area contributed by atoms with Crippen molar-refractivity contribution >= 4 is 15.9 Å². The Morgan fingerprint density at radius 3 is 2.24 bits per heavy atom. The summed E-state index contributed by atoms with van der Waals surface area (Å²) in [5.74, 6) is -3.82. The van der Waals surface area contributed by atoms with Crippen molar-refractivity contribution in [1.29, 1.82) is 0 Å². The molecule has 4 rings (SSSR count). The summed E-state index contributed by atoms with van der Waals surface area (Å²) in [6.07, 6.45) is -2.82. The number of rotatable bonds is 6.